The summed E-state index contributed by atoms with van der Waals surface area (Å²) in [6.45, 7) is 1.43. The summed E-state index contributed by atoms with van der Waals surface area (Å²) < 4.78 is 29.9. The number of hydrogen-bond donors (Lipinski definition) is 1. The predicted octanol–water partition coefficient (Wildman–Crippen LogP) is 2.22. The number of nitrogens with one attached hydrogen (secondary N) is 1. The Morgan fingerprint density at radius 1 is 1.18 bits per heavy atom. The molecule has 0 radical (unpaired) electrons. The van der Waals surface area contributed by atoms with Crippen LogP contribution in [0.15, 0.2) is 66.0 Å². The van der Waals surface area contributed by atoms with Gasteiger partial charge in [0.25, 0.3) is 0 Å². The summed E-state index contributed by atoms with van der Waals surface area (Å²) in [6, 6.07) is 12.3. The maximum absolute atomic E-state index is 13.3. The van der Waals surface area contributed by atoms with E-state index in [4.69, 9.17) is 16.6 Å². The van der Waals surface area contributed by atoms with Gasteiger partial charge in [-0.3, -0.25) is 4.98 Å². The van der Waals surface area contributed by atoms with Crippen molar-refractivity contribution in [3.05, 3.63) is 77.3 Å². The van der Waals surface area contributed by atoms with Gasteiger partial charge in [0.05, 0.1) is 10.6 Å². The molecule has 34 heavy (non-hydrogen) atoms. The zero-order valence-electron chi connectivity index (χ0n) is 18.7. The maximum Gasteiger partial charge on any atom is 0.243 e. The summed E-state index contributed by atoms with van der Waals surface area (Å²) in [7, 11) is -1.67. The molecule has 174 valence electrons. The molecular weight excluding hydrogens is 471 g/mol. The Morgan fingerprint density at radius 2 is 2.06 bits per heavy atom. The van der Waals surface area contributed by atoms with E-state index in [1.54, 1.807) is 39.4 Å². The van der Waals surface area contributed by atoms with Crippen molar-refractivity contribution in [3.8, 4) is 0 Å². The van der Waals surface area contributed by atoms with Crippen molar-refractivity contribution >= 4 is 46.4 Å². The minimum absolute atomic E-state index is 0.0269. The molecule has 1 unspecified atom stereocenters. The van der Waals surface area contributed by atoms with Crippen LogP contribution in [-0.4, -0.2) is 53.2 Å². The molecule has 0 amide bonds. The lowest BCUT2D eigenvalue weighted by Crippen LogP contribution is -2.39. The van der Waals surface area contributed by atoms with Gasteiger partial charge in [0.15, 0.2) is 5.65 Å². The van der Waals surface area contributed by atoms with Crippen LogP contribution < -0.4 is 10.8 Å². The average Bonchev–Trinajstić information content (AvgIpc) is 3.24. The zero-order chi connectivity index (χ0) is 23.7. The SMILES string of the molecule is Bc1cnn2c(NCc3cccnc3)cc(C3CCCN(S(=O)(=O)c4cccc(Cl)c4)C3)nc12. The molecule has 4 aromatic rings. The first-order valence-electron chi connectivity index (χ1n) is 11.2. The molecule has 8 nitrogen and oxygen atoms in total. The van der Waals surface area contributed by atoms with E-state index in [9.17, 15) is 8.42 Å². The van der Waals surface area contributed by atoms with E-state index in [2.05, 4.69) is 15.4 Å². The monoisotopic (exact) mass is 494 g/mol. The van der Waals surface area contributed by atoms with Gasteiger partial charge in [0.2, 0.25) is 10.0 Å². The molecule has 1 fully saturated rings. The van der Waals surface area contributed by atoms with E-state index < -0.39 is 10.0 Å². The number of anilines is 1. The van der Waals surface area contributed by atoms with E-state index in [-0.39, 0.29) is 10.8 Å². The van der Waals surface area contributed by atoms with E-state index in [1.165, 1.54) is 6.07 Å². The molecule has 4 heterocycles. The van der Waals surface area contributed by atoms with Gasteiger partial charge >= 0.3 is 0 Å². The van der Waals surface area contributed by atoms with Gasteiger partial charge in [0.1, 0.15) is 13.7 Å². The normalized spacial score (nSPS) is 17.1. The number of sulfonamides is 1. The second-order valence-electron chi connectivity index (χ2n) is 8.50. The van der Waals surface area contributed by atoms with Crippen molar-refractivity contribution in [1.29, 1.82) is 0 Å². The Kier molecular flexibility index (Phi) is 6.29. The summed E-state index contributed by atoms with van der Waals surface area (Å²) in [5, 5.41) is 8.33. The van der Waals surface area contributed by atoms with Crippen LogP contribution in [0.3, 0.4) is 0 Å². The first-order chi connectivity index (χ1) is 16.4. The second-order valence-corrected chi connectivity index (χ2v) is 10.9. The molecule has 1 atom stereocenters. The van der Waals surface area contributed by atoms with Crippen molar-refractivity contribution in [2.75, 3.05) is 18.4 Å². The van der Waals surface area contributed by atoms with Gasteiger partial charge in [-0.1, -0.05) is 23.7 Å². The summed E-state index contributed by atoms with van der Waals surface area (Å²) >= 11 is 6.05. The highest BCUT2D eigenvalue weighted by molar-refractivity contribution is 7.89. The fraction of sp³-hybridized carbons (Fsp3) is 0.261. The van der Waals surface area contributed by atoms with Gasteiger partial charge in [-0.25, -0.2) is 13.4 Å². The quantitative estimate of drug-likeness (QED) is 0.413. The minimum atomic E-state index is -3.64. The highest BCUT2D eigenvalue weighted by atomic mass is 35.5. The number of piperidine rings is 1. The number of nitrogens with zero attached hydrogens (tertiary/aromatic N) is 5. The van der Waals surface area contributed by atoms with Crippen molar-refractivity contribution in [1.82, 2.24) is 23.9 Å². The Morgan fingerprint density at radius 3 is 2.85 bits per heavy atom. The summed E-state index contributed by atoms with van der Waals surface area (Å²) in [6.07, 6.45) is 6.97. The molecule has 1 aromatic carbocycles. The van der Waals surface area contributed by atoms with Crippen LogP contribution in [0.4, 0.5) is 5.82 Å². The lowest BCUT2D eigenvalue weighted by Gasteiger charge is -2.32. The third-order valence-corrected chi connectivity index (χ3v) is 8.20. The van der Waals surface area contributed by atoms with Crippen LogP contribution in [0.1, 0.15) is 30.0 Å². The predicted molar refractivity (Wildman–Crippen MR) is 135 cm³/mol. The van der Waals surface area contributed by atoms with Crippen LogP contribution in [0, 0.1) is 0 Å². The number of benzene rings is 1. The smallest absolute Gasteiger partial charge is 0.243 e. The van der Waals surface area contributed by atoms with Crippen molar-refractivity contribution in [3.63, 3.8) is 0 Å². The maximum atomic E-state index is 13.3. The van der Waals surface area contributed by atoms with Gasteiger partial charge in [-0.15, -0.1) is 0 Å². The summed E-state index contributed by atoms with van der Waals surface area (Å²) in [5.74, 6) is 0.785. The molecular formula is C23H24BClN6O2S. The van der Waals surface area contributed by atoms with Crippen LogP contribution in [0.25, 0.3) is 5.65 Å². The van der Waals surface area contributed by atoms with E-state index in [0.29, 0.717) is 24.7 Å². The molecule has 1 saturated heterocycles. The molecule has 0 aliphatic carbocycles. The van der Waals surface area contributed by atoms with Gasteiger partial charge in [-0.2, -0.15) is 13.9 Å². The summed E-state index contributed by atoms with van der Waals surface area (Å²) in [5.41, 5.74) is 3.64. The first kappa shape index (κ1) is 22.8. The Labute approximate surface area is 204 Å². The number of hydrogen-bond acceptors (Lipinski definition) is 6. The minimum Gasteiger partial charge on any atom is -0.366 e. The van der Waals surface area contributed by atoms with Crippen LogP contribution in [0.2, 0.25) is 5.02 Å². The van der Waals surface area contributed by atoms with Crippen LogP contribution in [-0.2, 0) is 16.6 Å². The van der Waals surface area contributed by atoms with Crippen molar-refractivity contribution in [2.45, 2.75) is 30.2 Å². The molecule has 0 saturated carbocycles. The number of aromatic nitrogens is 4. The van der Waals surface area contributed by atoms with Crippen LogP contribution >= 0.6 is 11.6 Å². The Hall–Kier alpha value is -2.95. The molecule has 5 rings (SSSR count). The van der Waals surface area contributed by atoms with Crippen molar-refractivity contribution in [2.24, 2.45) is 0 Å². The third kappa shape index (κ3) is 4.53. The number of pyridine rings is 1. The molecule has 0 bridgehead atoms. The van der Waals surface area contributed by atoms with Crippen molar-refractivity contribution < 1.29 is 8.42 Å². The first-order valence-corrected chi connectivity index (χ1v) is 13.0. The highest BCUT2D eigenvalue weighted by Crippen LogP contribution is 2.31. The second kappa shape index (κ2) is 9.36. The largest absolute Gasteiger partial charge is 0.366 e. The molecule has 11 heteroatoms. The van der Waals surface area contributed by atoms with E-state index in [0.717, 1.165) is 41.0 Å². The standard InChI is InChI=1S/C23H24BClN6O2S/c24-20-14-28-31-22(27-13-16-4-2-8-26-12-16)11-21(29-23(20)31)17-5-3-9-30(15-17)34(32,33)19-7-1-6-18(25)10-19/h1-2,4,6-8,10-12,14,17,27H,3,5,9,13,15,24H2. The highest BCUT2D eigenvalue weighted by Gasteiger charge is 2.32. The molecule has 0 spiro atoms. The molecule has 1 aliphatic rings. The average molecular weight is 495 g/mol. The topological polar surface area (TPSA) is 92.5 Å². The third-order valence-electron chi connectivity index (χ3n) is 6.10. The lowest BCUT2D eigenvalue weighted by molar-refractivity contribution is 0.313. The Bertz CT molecular complexity index is 1430. The zero-order valence-corrected chi connectivity index (χ0v) is 20.3. The molecule has 3 aromatic heterocycles. The van der Waals surface area contributed by atoms with Gasteiger partial charge < -0.3 is 5.32 Å². The number of halogens is 1. The van der Waals surface area contributed by atoms with E-state index >= 15 is 0 Å². The lowest BCUT2D eigenvalue weighted by atomic mass is 9.95. The fourth-order valence-electron chi connectivity index (χ4n) is 4.30. The van der Waals surface area contributed by atoms with Gasteiger partial charge in [-0.05, 0) is 48.1 Å². The fourth-order valence-corrected chi connectivity index (χ4v) is 6.13. The molecule has 1 N–H and O–H groups in total. The van der Waals surface area contributed by atoms with Gasteiger partial charge in [0, 0.05) is 55.2 Å². The Balaban J connectivity index is 1.44. The number of rotatable bonds is 6. The van der Waals surface area contributed by atoms with Crippen LogP contribution in [0.5, 0.6) is 0 Å². The summed E-state index contributed by atoms with van der Waals surface area (Å²) in [4.78, 5) is 9.27. The van der Waals surface area contributed by atoms with E-state index in [1.807, 2.05) is 32.2 Å². The molecule has 1 aliphatic heterocycles. The number of fused-ring (bicyclic) bond motifs is 1.